The molecule has 1 aromatic carbocycles. The van der Waals surface area contributed by atoms with E-state index in [1.165, 1.54) is 12.1 Å². The third kappa shape index (κ3) is 3.39. The van der Waals surface area contributed by atoms with Crippen LogP contribution in [0.5, 0.6) is 0 Å². The van der Waals surface area contributed by atoms with E-state index in [-0.39, 0.29) is 35.5 Å². The highest BCUT2D eigenvalue weighted by Gasteiger charge is 2.53. The predicted octanol–water partition coefficient (Wildman–Crippen LogP) is 2.64. The molecular weight excluding hydrogens is 294 g/mol. The molecule has 2 unspecified atom stereocenters. The Balaban J connectivity index is 1.96. The van der Waals surface area contributed by atoms with Crippen LogP contribution in [0.3, 0.4) is 0 Å². The molecule has 0 aromatic heterocycles. The van der Waals surface area contributed by atoms with Crippen LogP contribution in [0.2, 0.25) is 0 Å². The van der Waals surface area contributed by atoms with Gasteiger partial charge in [-0.3, -0.25) is 4.79 Å². The summed E-state index contributed by atoms with van der Waals surface area (Å²) in [5.41, 5.74) is 1.07. The molecule has 0 heterocycles. The normalized spacial score (nSPS) is 22.2. The Morgan fingerprint density at radius 2 is 1.87 bits per heavy atom. The SMILES string of the molecule is CCC1(CC)C(NC(=O)Cc2ccc(C(=O)O)cc2)CC1OC. The third-order valence-electron chi connectivity index (χ3n) is 5.29. The maximum absolute atomic E-state index is 12.3. The zero-order valence-electron chi connectivity index (χ0n) is 14.0. The lowest BCUT2D eigenvalue weighted by molar-refractivity contribution is -0.140. The zero-order chi connectivity index (χ0) is 17.0. The van der Waals surface area contributed by atoms with E-state index in [9.17, 15) is 9.59 Å². The van der Waals surface area contributed by atoms with E-state index in [2.05, 4.69) is 19.2 Å². The summed E-state index contributed by atoms with van der Waals surface area (Å²) in [7, 11) is 1.73. The minimum absolute atomic E-state index is 0.0254. The first-order valence-electron chi connectivity index (χ1n) is 8.11. The topological polar surface area (TPSA) is 75.6 Å². The smallest absolute Gasteiger partial charge is 0.335 e. The molecule has 5 nitrogen and oxygen atoms in total. The Morgan fingerprint density at radius 1 is 1.26 bits per heavy atom. The molecule has 0 spiro atoms. The molecule has 5 heteroatoms. The van der Waals surface area contributed by atoms with Crippen molar-refractivity contribution < 1.29 is 19.4 Å². The molecule has 1 aromatic rings. The molecule has 23 heavy (non-hydrogen) atoms. The minimum atomic E-state index is -0.961. The van der Waals surface area contributed by atoms with Crippen molar-refractivity contribution in [3.8, 4) is 0 Å². The fourth-order valence-electron chi connectivity index (χ4n) is 3.68. The van der Waals surface area contributed by atoms with Crippen molar-refractivity contribution in [3.63, 3.8) is 0 Å². The van der Waals surface area contributed by atoms with Crippen LogP contribution in [-0.2, 0) is 16.0 Å². The fourth-order valence-corrected chi connectivity index (χ4v) is 3.68. The number of nitrogens with one attached hydrogen (secondary N) is 1. The van der Waals surface area contributed by atoms with E-state index in [0.717, 1.165) is 24.8 Å². The first-order chi connectivity index (χ1) is 11.0. The van der Waals surface area contributed by atoms with Crippen LogP contribution in [0.15, 0.2) is 24.3 Å². The lowest BCUT2D eigenvalue weighted by Gasteiger charge is -2.55. The molecule has 1 saturated carbocycles. The van der Waals surface area contributed by atoms with Gasteiger partial charge in [-0.1, -0.05) is 26.0 Å². The number of hydrogen-bond acceptors (Lipinski definition) is 3. The standard InChI is InChI=1S/C18H25NO4/c1-4-18(5-2)14(11-15(18)23-3)19-16(20)10-12-6-8-13(9-7-12)17(21)22/h6-9,14-15H,4-5,10-11H2,1-3H3,(H,19,20)(H,21,22). The Morgan fingerprint density at radius 3 is 2.35 bits per heavy atom. The molecule has 1 fully saturated rings. The molecular formula is C18H25NO4. The lowest BCUT2D eigenvalue weighted by atomic mass is 9.58. The molecule has 0 saturated heterocycles. The largest absolute Gasteiger partial charge is 0.478 e. The number of carbonyl (C=O) groups excluding carboxylic acids is 1. The van der Waals surface area contributed by atoms with Gasteiger partial charge in [-0.2, -0.15) is 0 Å². The quantitative estimate of drug-likeness (QED) is 0.810. The van der Waals surface area contributed by atoms with Gasteiger partial charge in [-0.25, -0.2) is 4.79 Å². The molecule has 0 aliphatic heterocycles. The average Bonchev–Trinajstić information content (AvgIpc) is 2.53. The highest BCUT2D eigenvalue weighted by molar-refractivity contribution is 5.87. The van der Waals surface area contributed by atoms with Gasteiger partial charge in [0.15, 0.2) is 0 Å². The number of benzene rings is 1. The molecule has 126 valence electrons. The van der Waals surface area contributed by atoms with Crippen LogP contribution in [0.4, 0.5) is 0 Å². The number of methoxy groups -OCH3 is 1. The second-order valence-corrected chi connectivity index (χ2v) is 6.20. The molecule has 0 bridgehead atoms. The summed E-state index contributed by atoms with van der Waals surface area (Å²) in [6, 6.07) is 6.58. The van der Waals surface area contributed by atoms with E-state index in [0.29, 0.717) is 0 Å². The van der Waals surface area contributed by atoms with Crippen molar-refractivity contribution >= 4 is 11.9 Å². The summed E-state index contributed by atoms with van der Waals surface area (Å²) < 4.78 is 5.54. The number of carboxylic acids is 1. The molecule has 1 aliphatic carbocycles. The first kappa shape index (κ1) is 17.5. The van der Waals surface area contributed by atoms with Crippen molar-refractivity contribution in [3.05, 3.63) is 35.4 Å². The van der Waals surface area contributed by atoms with Gasteiger partial charge in [0, 0.05) is 18.6 Å². The second kappa shape index (κ2) is 7.13. The van der Waals surface area contributed by atoms with Crippen LogP contribution >= 0.6 is 0 Å². The van der Waals surface area contributed by atoms with Crippen molar-refractivity contribution in [2.24, 2.45) is 5.41 Å². The minimum Gasteiger partial charge on any atom is -0.478 e. The van der Waals surface area contributed by atoms with Gasteiger partial charge >= 0.3 is 5.97 Å². The number of ether oxygens (including phenoxy) is 1. The van der Waals surface area contributed by atoms with E-state index in [1.807, 2.05) is 0 Å². The monoisotopic (exact) mass is 319 g/mol. The third-order valence-corrected chi connectivity index (χ3v) is 5.29. The molecule has 2 rings (SSSR count). The van der Waals surface area contributed by atoms with Crippen LogP contribution in [0.25, 0.3) is 0 Å². The number of carbonyl (C=O) groups is 2. The highest BCUT2D eigenvalue weighted by atomic mass is 16.5. The first-order valence-corrected chi connectivity index (χ1v) is 8.11. The molecule has 0 radical (unpaired) electrons. The van der Waals surface area contributed by atoms with Crippen LogP contribution in [0, 0.1) is 5.41 Å². The number of hydrogen-bond donors (Lipinski definition) is 2. The van der Waals surface area contributed by atoms with Crippen molar-refractivity contribution in [2.45, 2.75) is 51.7 Å². The Labute approximate surface area is 137 Å². The van der Waals surface area contributed by atoms with E-state index >= 15 is 0 Å². The van der Waals surface area contributed by atoms with Crippen molar-refractivity contribution in [1.82, 2.24) is 5.32 Å². The van der Waals surface area contributed by atoms with Gasteiger partial charge in [0.1, 0.15) is 0 Å². The molecule has 1 amide bonds. The van der Waals surface area contributed by atoms with Crippen molar-refractivity contribution in [1.29, 1.82) is 0 Å². The number of amides is 1. The second-order valence-electron chi connectivity index (χ2n) is 6.20. The fraction of sp³-hybridized carbons (Fsp3) is 0.556. The molecule has 1 aliphatic rings. The number of carboxylic acid groups (broad SMARTS) is 1. The number of rotatable bonds is 7. The van der Waals surface area contributed by atoms with Crippen LogP contribution < -0.4 is 5.32 Å². The molecule has 2 atom stereocenters. The van der Waals surface area contributed by atoms with Crippen LogP contribution in [0.1, 0.15) is 49.0 Å². The van der Waals surface area contributed by atoms with Crippen molar-refractivity contribution in [2.75, 3.05) is 7.11 Å². The van der Waals surface area contributed by atoms with E-state index < -0.39 is 5.97 Å². The summed E-state index contributed by atoms with van der Waals surface area (Å²) in [6.07, 6.45) is 3.26. The van der Waals surface area contributed by atoms with Gasteiger partial charge in [0.25, 0.3) is 0 Å². The van der Waals surface area contributed by atoms with Gasteiger partial charge in [-0.15, -0.1) is 0 Å². The maximum Gasteiger partial charge on any atom is 0.335 e. The van der Waals surface area contributed by atoms with Gasteiger partial charge in [0.05, 0.1) is 18.1 Å². The number of aromatic carboxylic acids is 1. The zero-order valence-corrected chi connectivity index (χ0v) is 14.0. The molecule has 2 N–H and O–H groups in total. The van der Waals surface area contributed by atoms with E-state index in [4.69, 9.17) is 9.84 Å². The van der Waals surface area contributed by atoms with E-state index in [1.54, 1.807) is 19.2 Å². The summed E-state index contributed by atoms with van der Waals surface area (Å²) in [6.45, 7) is 4.27. The van der Waals surface area contributed by atoms with Gasteiger partial charge in [-0.05, 0) is 37.0 Å². The summed E-state index contributed by atoms with van der Waals surface area (Å²) in [5, 5.41) is 12.0. The maximum atomic E-state index is 12.3. The Hall–Kier alpha value is -1.88. The highest BCUT2D eigenvalue weighted by Crippen LogP contribution is 2.48. The summed E-state index contributed by atoms with van der Waals surface area (Å²) in [5.74, 6) is -0.990. The average molecular weight is 319 g/mol. The summed E-state index contributed by atoms with van der Waals surface area (Å²) in [4.78, 5) is 23.1. The van der Waals surface area contributed by atoms with Crippen LogP contribution in [-0.4, -0.2) is 36.2 Å². The summed E-state index contributed by atoms with van der Waals surface area (Å²) >= 11 is 0. The Kier molecular flexibility index (Phi) is 5.42. The Bertz CT molecular complexity index is 563. The van der Waals surface area contributed by atoms with Gasteiger partial charge in [0.2, 0.25) is 5.91 Å². The van der Waals surface area contributed by atoms with Gasteiger partial charge < -0.3 is 15.2 Å². The predicted molar refractivity (Wildman–Crippen MR) is 87.5 cm³/mol. The lowest BCUT2D eigenvalue weighted by Crippen LogP contribution is -2.64.